The maximum absolute atomic E-state index is 12.3. The Kier molecular flexibility index (Phi) is 6.97. The van der Waals surface area contributed by atoms with Crippen molar-refractivity contribution in [1.29, 1.82) is 0 Å². The lowest BCUT2D eigenvalue weighted by atomic mass is 9.98. The molecule has 1 aromatic heterocycles. The van der Waals surface area contributed by atoms with E-state index in [2.05, 4.69) is 45.2 Å². The quantitative estimate of drug-likeness (QED) is 0.415. The lowest BCUT2D eigenvalue weighted by Gasteiger charge is -2.14. The minimum Gasteiger partial charge on any atom is -0.478 e. The van der Waals surface area contributed by atoms with Crippen LogP contribution in [0.25, 0.3) is 11.1 Å². The Morgan fingerprint density at radius 2 is 1.71 bits per heavy atom. The molecule has 1 aliphatic rings. The van der Waals surface area contributed by atoms with Crippen LogP contribution < -0.4 is 10.6 Å². The van der Waals surface area contributed by atoms with Gasteiger partial charge in [-0.1, -0.05) is 59.8 Å². The van der Waals surface area contributed by atoms with Crippen molar-refractivity contribution in [1.82, 2.24) is 25.6 Å². The second kappa shape index (κ2) is 10.4. The van der Waals surface area contributed by atoms with Crippen LogP contribution in [-0.4, -0.2) is 51.2 Å². The number of hydrogen-bond acceptors (Lipinski definition) is 6. The molecule has 3 aromatic rings. The van der Waals surface area contributed by atoms with E-state index in [9.17, 15) is 14.4 Å². The molecule has 0 unspecified atom stereocenters. The number of nitrogens with zero attached hydrogens (tertiary/aromatic N) is 3. The van der Waals surface area contributed by atoms with Crippen LogP contribution in [0.3, 0.4) is 0 Å². The minimum absolute atomic E-state index is 0.0251. The second-order valence-corrected chi connectivity index (χ2v) is 7.63. The van der Waals surface area contributed by atoms with Gasteiger partial charge in [0.1, 0.15) is 18.8 Å². The molecule has 2 amide bonds. The summed E-state index contributed by atoms with van der Waals surface area (Å²) in [7, 11) is 0. The highest BCUT2D eigenvalue weighted by atomic mass is 16.5. The van der Waals surface area contributed by atoms with Crippen molar-refractivity contribution in [3.05, 3.63) is 83.7 Å². The SMILES string of the molecule is O=C(O)/C=C/CNC(=O)Cn1cc(CNC(=O)OCC2c3ccccc3-c3ccccc32)nn1. The van der Waals surface area contributed by atoms with E-state index in [-0.39, 0.29) is 38.1 Å². The Balaban J connectivity index is 1.24. The maximum Gasteiger partial charge on any atom is 0.407 e. The van der Waals surface area contributed by atoms with Gasteiger partial charge in [0.05, 0.1) is 12.7 Å². The molecule has 10 nitrogen and oxygen atoms in total. The number of nitrogens with one attached hydrogen (secondary N) is 2. The van der Waals surface area contributed by atoms with Gasteiger partial charge < -0.3 is 20.5 Å². The second-order valence-electron chi connectivity index (χ2n) is 7.63. The van der Waals surface area contributed by atoms with Crippen LogP contribution in [-0.2, 0) is 27.4 Å². The van der Waals surface area contributed by atoms with E-state index in [0.29, 0.717) is 5.69 Å². The summed E-state index contributed by atoms with van der Waals surface area (Å²) in [6, 6.07) is 16.2. The van der Waals surface area contributed by atoms with Gasteiger partial charge in [0.2, 0.25) is 5.91 Å². The molecule has 0 saturated carbocycles. The number of hydrogen-bond donors (Lipinski definition) is 3. The van der Waals surface area contributed by atoms with E-state index in [1.54, 1.807) is 0 Å². The first kappa shape index (κ1) is 22.7. The van der Waals surface area contributed by atoms with Crippen LogP contribution in [0, 0.1) is 0 Å². The maximum atomic E-state index is 12.3. The average molecular weight is 461 g/mol. The number of carboxylic acid groups (broad SMARTS) is 1. The largest absolute Gasteiger partial charge is 0.478 e. The molecular weight excluding hydrogens is 438 g/mol. The molecule has 0 atom stereocenters. The van der Waals surface area contributed by atoms with Gasteiger partial charge in [-0.2, -0.15) is 0 Å². The van der Waals surface area contributed by atoms with Crippen LogP contribution in [0.15, 0.2) is 66.9 Å². The van der Waals surface area contributed by atoms with E-state index >= 15 is 0 Å². The summed E-state index contributed by atoms with van der Waals surface area (Å²) in [5.41, 5.74) is 5.05. The molecule has 10 heteroatoms. The normalized spacial score (nSPS) is 12.2. The Morgan fingerprint density at radius 3 is 2.38 bits per heavy atom. The standard InChI is InChI=1S/C24H23N5O5/c30-22(25-11-5-10-23(31)32)14-29-13-16(27-28-29)12-26-24(33)34-15-21-19-8-3-1-6-17(19)18-7-2-4-9-20(18)21/h1-10,13,21H,11-12,14-15H2,(H,25,30)(H,26,33)(H,31,32)/b10-5+. The number of carbonyl (C=O) groups is 3. The summed E-state index contributed by atoms with van der Waals surface area (Å²) in [4.78, 5) is 34.5. The number of ether oxygens (including phenoxy) is 1. The van der Waals surface area contributed by atoms with Gasteiger partial charge in [-0.3, -0.25) is 4.79 Å². The van der Waals surface area contributed by atoms with Gasteiger partial charge in [-0.05, 0) is 22.3 Å². The Bertz CT molecular complexity index is 1190. The Hall–Kier alpha value is -4.47. The van der Waals surface area contributed by atoms with Gasteiger partial charge in [0, 0.05) is 18.5 Å². The fraction of sp³-hybridized carbons (Fsp3) is 0.208. The molecule has 2 aromatic carbocycles. The van der Waals surface area contributed by atoms with Crippen molar-refractivity contribution in [3.8, 4) is 11.1 Å². The first-order valence-corrected chi connectivity index (χ1v) is 10.7. The van der Waals surface area contributed by atoms with Crippen molar-refractivity contribution >= 4 is 18.0 Å². The van der Waals surface area contributed by atoms with Crippen molar-refractivity contribution in [2.75, 3.05) is 13.2 Å². The summed E-state index contributed by atoms with van der Waals surface area (Å²) < 4.78 is 6.81. The number of alkyl carbamates (subject to hydrolysis) is 1. The lowest BCUT2D eigenvalue weighted by Crippen LogP contribution is -2.28. The molecular formula is C24H23N5O5. The number of amides is 2. The number of carboxylic acids is 1. The summed E-state index contributed by atoms with van der Waals surface area (Å²) in [6.07, 6.45) is 3.24. The van der Waals surface area contributed by atoms with Gasteiger partial charge in [0.15, 0.2) is 0 Å². The van der Waals surface area contributed by atoms with Gasteiger partial charge in [-0.25, -0.2) is 14.3 Å². The smallest absolute Gasteiger partial charge is 0.407 e. The fourth-order valence-corrected chi connectivity index (χ4v) is 3.84. The zero-order valence-electron chi connectivity index (χ0n) is 18.2. The number of rotatable bonds is 9. The predicted molar refractivity (Wildman–Crippen MR) is 122 cm³/mol. The molecule has 0 saturated heterocycles. The van der Waals surface area contributed by atoms with Gasteiger partial charge in [-0.15, -0.1) is 5.10 Å². The monoisotopic (exact) mass is 461 g/mol. The zero-order chi connectivity index (χ0) is 23.9. The molecule has 4 rings (SSSR count). The molecule has 1 heterocycles. The summed E-state index contributed by atoms with van der Waals surface area (Å²) >= 11 is 0. The fourth-order valence-electron chi connectivity index (χ4n) is 3.84. The van der Waals surface area contributed by atoms with Crippen molar-refractivity contribution < 1.29 is 24.2 Å². The number of fused-ring (bicyclic) bond motifs is 3. The number of benzene rings is 2. The molecule has 0 fully saturated rings. The topological polar surface area (TPSA) is 135 Å². The third-order valence-electron chi connectivity index (χ3n) is 5.33. The van der Waals surface area contributed by atoms with E-state index < -0.39 is 12.1 Å². The van der Waals surface area contributed by atoms with Crippen LogP contribution in [0.5, 0.6) is 0 Å². The van der Waals surface area contributed by atoms with Crippen LogP contribution in [0.4, 0.5) is 4.79 Å². The van der Waals surface area contributed by atoms with E-state index in [0.717, 1.165) is 28.3 Å². The van der Waals surface area contributed by atoms with E-state index in [4.69, 9.17) is 9.84 Å². The number of aliphatic carboxylic acids is 1. The first-order valence-electron chi connectivity index (χ1n) is 10.7. The molecule has 0 bridgehead atoms. The Morgan fingerprint density at radius 1 is 1.03 bits per heavy atom. The zero-order valence-corrected chi connectivity index (χ0v) is 18.2. The molecule has 174 valence electrons. The molecule has 34 heavy (non-hydrogen) atoms. The van der Waals surface area contributed by atoms with E-state index in [1.165, 1.54) is 17.0 Å². The van der Waals surface area contributed by atoms with Crippen LogP contribution >= 0.6 is 0 Å². The lowest BCUT2D eigenvalue weighted by molar-refractivity contribution is -0.131. The van der Waals surface area contributed by atoms with E-state index in [1.807, 2.05) is 24.3 Å². The van der Waals surface area contributed by atoms with Crippen molar-refractivity contribution in [3.63, 3.8) is 0 Å². The third-order valence-corrected chi connectivity index (χ3v) is 5.33. The summed E-state index contributed by atoms with van der Waals surface area (Å²) in [6.45, 7) is 0.317. The number of aromatic nitrogens is 3. The molecule has 0 spiro atoms. The summed E-state index contributed by atoms with van der Waals surface area (Å²) in [5.74, 6) is -1.46. The minimum atomic E-state index is -1.08. The highest BCUT2D eigenvalue weighted by Gasteiger charge is 2.28. The average Bonchev–Trinajstić information content (AvgIpc) is 3.41. The van der Waals surface area contributed by atoms with Crippen molar-refractivity contribution in [2.45, 2.75) is 19.0 Å². The van der Waals surface area contributed by atoms with Gasteiger partial charge in [0.25, 0.3) is 0 Å². The van der Waals surface area contributed by atoms with Crippen LogP contribution in [0.2, 0.25) is 0 Å². The molecule has 1 aliphatic carbocycles. The number of carbonyl (C=O) groups excluding carboxylic acids is 2. The molecule has 0 radical (unpaired) electrons. The highest BCUT2D eigenvalue weighted by Crippen LogP contribution is 2.44. The predicted octanol–water partition coefficient (Wildman–Crippen LogP) is 2.07. The van der Waals surface area contributed by atoms with Crippen molar-refractivity contribution in [2.24, 2.45) is 0 Å². The highest BCUT2D eigenvalue weighted by molar-refractivity contribution is 5.80. The molecule has 0 aliphatic heterocycles. The van der Waals surface area contributed by atoms with Gasteiger partial charge >= 0.3 is 12.1 Å². The summed E-state index contributed by atoms with van der Waals surface area (Å²) in [5, 5.41) is 21.5. The molecule has 3 N–H and O–H groups in total. The Labute approximate surface area is 195 Å². The third kappa shape index (κ3) is 5.47. The van der Waals surface area contributed by atoms with Crippen LogP contribution in [0.1, 0.15) is 22.7 Å². The first-order chi connectivity index (χ1) is 16.5.